The number of esters is 1. The van der Waals surface area contributed by atoms with Gasteiger partial charge in [0.25, 0.3) is 0 Å². The largest absolute Gasteiger partial charge is 0.487 e. The van der Waals surface area contributed by atoms with Gasteiger partial charge >= 0.3 is 5.97 Å². The van der Waals surface area contributed by atoms with Crippen molar-refractivity contribution < 1.29 is 23.5 Å². The third-order valence-corrected chi connectivity index (χ3v) is 4.04. The van der Waals surface area contributed by atoms with Gasteiger partial charge in [-0.2, -0.15) is 0 Å². The summed E-state index contributed by atoms with van der Waals surface area (Å²) in [7, 11) is 0. The van der Waals surface area contributed by atoms with Crippen LogP contribution < -0.4 is 10.1 Å². The van der Waals surface area contributed by atoms with Crippen LogP contribution in [0.15, 0.2) is 78.9 Å². The average Bonchev–Trinajstić information content (AvgIpc) is 2.73. The summed E-state index contributed by atoms with van der Waals surface area (Å²) in [6.07, 6.45) is 0.195. The van der Waals surface area contributed by atoms with E-state index in [9.17, 15) is 14.0 Å². The van der Waals surface area contributed by atoms with Crippen LogP contribution in [0.3, 0.4) is 0 Å². The second-order valence-electron chi connectivity index (χ2n) is 6.17. The molecule has 0 bridgehead atoms. The van der Waals surface area contributed by atoms with Crippen LogP contribution in [0.5, 0.6) is 5.75 Å². The van der Waals surface area contributed by atoms with Crippen molar-refractivity contribution in [3.05, 3.63) is 95.8 Å². The maximum Gasteiger partial charge on any atom is 0.340 e. The van der Waals surface area contributed by atoms with Gasteiger partial charge in [-0.1, -0.05) is 54.6 Å². The summed E-state index contributed by atoms with van der Waals surface area (Å²) in [6.45, 7) is -0.0470. The van der Waals surface area contributed by atoms with Gasteiger partial charge in [0.05, 0.1) is 17.7 Å². The number of rotatable bonds is 8. The zero-order chi connectivity index (χ0) is 20.5. The predicted octanol–water partition coefficient (Wildman–Crippen LogP) is 4.24. The fourth-order valence-corrected chi connectivity index (χ4v) is 2.67. The van der Waals surface area contributed by atoms with E-state index in [-0.39, 0.29) is 36.9 Å². The van der Waals surface area contributed by atoms with Crippen molar-refractivity contribution in [1.82, 2.24) is 0 Å². The fraction of sp³-hybridized carbons (Fsp3) is 0.130. The van der Waals surface area contributed by atoms with Crippen LogP contribution >= 0.6 is 0 Å². The minimum atomic E-state index is -0.599. The van der Waals surface area contributed by atoms with Crippen LogP contribution in [0, 0.1) is 5.82 Å². The first-order valence-electron chi connectivity index (χ1n) is 9.11. The summed E-state index contributed by atoms with van der Waals surface area (Å²) in [5.74, 6) is -1.22. The zero-order valence-corrected chi connectivity index (χ0v) is 15.6. The topological polar surface area (TPSA) is 64.6 Å². The molecule has 3 rings (SSSR count). The Kier molecular flexibility index (Phi) is 6.95. The molecule has 3 aromatic rings. The summed E-state index contributed by atoms with van der Waals surface area (Å²) in [5, 5.41) is 2.74. The van der Waals surface area contributed by atoms with Gasteiger partial charge in [-0.3, -0.25) is 4.79 Å². The number of carbonyl (C=O) groups is 2. The third-order valence-electron chi connectivity index (χ3n) is 4.04. The van der Waals surface area contributed by atoms with E-state index in [2.05, 4.69) is 5.32 Å². The highest BCUT2D eigenvalue weighted by Crippen LogP contribution is 2.18. The lowest BCUT2D eigenvalue weighted by atomic mass is 10.1. The molecule has 0 atom stereocenters. The van der Waals surface area contributed by atoms with Gasteiger partial charge in [-0.25, -0.2) is 9.18 Å². The molecule has 0 aliphatic carbocycles. The normalized spacial score (nSPS) is 10.2. The van der Waals surface area contributed by atoms with Crippen molar-refractivity contribution in [2.45, 2.75) is 6.42 Å². The summed E-state index contributed by atoms with van der Waals surface area (Å²) >= 11 is 0. The molecule has 5 nitrogen and oxygen atoms in total. The molecular weight excluding hydrogens is 373 g/mol. The Morgan fingerprint density at radius 3 is 2.31 bits per heavy atom. The van der Waals surface area contributed by atoms with Crippen molar-refractivity contribution >= 4 is 17.6 Å². The molecule has 0 aliphatic rings. The Labute approximate surface area is 168 Å². The molecule has 0 saturated heterocycles. The minimum absolute atomic E-state index is 0.00913. The molecule has 6 heteroatoms. The predicted molar refractivity (Wildman–Crippen MR) is 107 cm³/mol. The number of para-hydroxylation sites is 2. The van der Waals surface area contributed by atoms with Crippen LogP contribution in [0.1, 0.15) is 15.9 Å². The van der Waals surface area contributed by atoms with E-state index in [4.69, 9.17) is 9.47 Å². The van der Waals surface area contributed by atoms with Crippen LogP contribution in [-0.2, 0) is 16.0 Å². The van der Waals surface area contributed by atoms with Crippen molar-refractivity contribution in [2.24, 2.45) is 0 Å². The van der Waals surface area contributed by atoms with Gasteiger partial charge in [0.2, 0.25) is 5.91 Å². The number of anilines is 1. The molecule has 1 amide bonds. The van der Waals surface area contributed by atoms with Crippen LogP contribution in [-0.4, -0.2) is 25.1 Å². The van der Waals surface area contributed by atoms with Crippen molar-refractivity contribution in [2.75, 3.05) is 18.5 Å². The van der Waals surface area contributed by atoms with Crippen molar-refractivity contribution in [3.8, 4) is 5.75 Å². The van der Waals surface area contributed by atoms with Crippen LogP contribution in [0.2, 0.25) is 0 Å². The van der Waals surface area contributed by atoms with Crippen LogP contribution in [0.25, 0.3) is 0 Å². The fourth-order valence-electron chi connectivity index (χ4n) is 2.67. The van der Waals surface area contributed by atoms with E-state index < -0.39 is 11.8 Å². The molecule has 148 valence electrons. The molecule has 1 N–H and O–H groups in total. The number of amides is 1. The minimum Gasteiger partial charge on any atom is -0.487 e. The number of carbonyl (C=O) groups excluding carboxylic acids is 2. The van der Waals surface area contributed by atoms with Gasteiger partial charge in [0, 0.05) is 0 Å². The molecule has 0 saturated carbocycles. The molecule has 29 heavy (non-hydrogen) atoms. The summed E-state index contributed by atoms with van der Waals surface area (Å²) in [4.78, 5) is 24.7. The number of hydrogen-bond donors (Lipinski definition) is 1. The molecule has 0 fully saturated rings. The first-order chi connectivity index (χ1) is 14.1. The quantitative estimate of drug-likeness (QED) is 0.459. The highest BCUT2D eigenvalue weighted by Gasteiger charge is 2.15. The van der Waals surface area contributed by atoms with E-state index in [1.807, 2.05) is 30.3 Å². The Hall–Kier alpha value is -3.67. The Bertz CT molecular complexity index is 975. The molecule has 0 heterocycles. The first kappa shape index (κ1) is 20.1. The van der Waals surface area contributed by atoms with Gasteiger partial charge in [0.1, 0.15) is 13.2 Å². The standard InChI is InChI=1S/C23H20FNO4/c24-19-11-5-7-13-21(19)28-14-15-29-23(27)18-10-4-6-12-20(18)25-22(26)16-17-8-2-1-3-9-17/h1-13H,14-16H2,(H,25,26). The molecular formula is C23H20FNO4. The number of nitrogens with one attached hydrogen (secondary N) is 1. The van der Waals surface area contributed by atoms with Gasteiger partial charge in [-0.15, -0.1) is 0 Å². The number of ether oxygens (including phenoxy) is 2. The zero-order valence-electron chi connectivity index (χ0n) is 15.6. The highest BCUT2D eigenvalue weighted by atomic mass is 19.1. The molecule has 0 unspecified atom stereocenters. The lowest BCUT2D eigenvalue weighted by Crippen LogP contribution is -2.18. The summed E-state index contributed by atoms with van der Waals surface area (Å²) in [5.41, 5.74) is 1.48. The second-order valence-corrected chi connectivity index (χ2v) is 6.17. The number of halogens is 1. The lowest BCUT2D eigenvalue weighted by molar-refractivity contribution is -0.115. The van der Waals surface area contributed by atoms with E-state index in [1.165, 1.54) is 12.1 Å². The van der Waals surface area contributed by atoms with E-state index in [0.29, 0.717) is 5.69 Å². The SMILES string of the molecule is O=C(Cc1ccccc1)Nc1ccccc1C(=O)OCCOc1ccccc1F. The van der Waals surface area contributed by atoms with Crippen molar-refractivity contribution in [3.63, 3.8) is 0 Å². The third kappa shape index (κ3) is 5.90. The average molecular weight is 393 g/mol. The number of hydrogen-bond acceptors (Lipinski definition) is 4. The Balaban J connectivity index is 1.54. The van der Waals surface area contributed by atoms with Crippen LogP contribution in [0.4, 0.5) is 10.1 Å². The monoisotopic (exact) mass is 393 g/mol. The summed E-state index contributed by atoms with van der Waals surface area (Å²) < 4.78 is 24.0. The van der Waals surface area contributed by atoms with Gasteiger partial charge < -0.3 is 14.8 Å². The molecule has 0 spiro atoms. The molecule has 0 aromatic heterocycles. The van der Waals surface area contributed by atoms with Gasteiger partial charge in [0.15, 0.2) is 11.6 Å². The Morgan fingerprint density at radius 2 is 1.52 bits per heavy atom. The van der Waals surface area contributed by atoms with E-state index in [1.54, 1.807) is 36.4 Å². The maximum atomic E-state index is 13.5. The van der Waals surface area contributed by atoms with Crippen molar-refractivity contribution in [1.29, 1.82) is 0 Å². The molecule has 0 aliphatic heterocycles. The highest BCUT2D eigenvalue weighted by molar-refractivity contribution is 6.01. The van der Waals surface area contributed by atoms with E-state index >= 15 is 0 Å². The second kappa shape index (κ2) is 10.0. The number of benzene rings is 3. The smallest absolute Gasteiger partial charge is 0.340 e. The first-order valence-corrected chi connectivity index (χ1v) is 9.11. The molecule has 0 radical (unpaired) electrons. The maximum absolute atomic E-state index is 13.5. The lowest BCUT2D eigenvalue weighted by Gasteiger charge is -2.12. The molecule has 3 aromatic carbocycles. The Morgan fingerprint density at radius 1 is 0.828 bits per heavy atom. The van der Waals surface area contributed by atoms with Gasteiger partial charge in [-0.05, 0) is 29.8 Å². The van der Waals surface area contributed by atoms with E-state index in [0.717, 1.165) is 5.56 Å². The summed E-state index contributed by atoms with van der Waals surface area (Å²) in [6, 6.07) is 21.9.